The lowest BCUT2D eigenvalue weighted by atomic mass is 9.81. The number of hydrogen-bond donors (Lipinski definition) is 0. The molecule has 53 heavy (non-hydrogen) atoms. The summed E-state index contributed by atoms with van der Waals surface area (Å²) in [4.78, 5) is 7.47. The van der Waals surface area contributed by atoms with Crippen LogP contribution in [0.5, 0.6) is 0 Å². The van der Waals surface area contributed by atoms with Gasteiger partial charge in [0.25, 0.3) is 0 Å². The Bertz CT molecular complexity index is 2920. The fourth-order valence-electron chi connectivity index (χ4n) is 8.05. The van der Waals surface area contributed by atoms with Crippen LogP contribution in [0.1, 0.15) is 0 Å². The molecule has 0 spiro atoms. The highest BCUT2D eigenvalue weighted by atomic mass is 15.2. The summed E-state index contributed by atoms with van der Waals surface area (Å²) in [6, 6.07) is 74.1. The number of anilines is 3. The molecule has 0 fully saturated rings. The highest BCUT2D eigenvalue weighted by molar-refractivity contribution is 6.33. The second-order valence-electron chi connectivity index (χ2n) is 13.5. The Morgan fingerprint density at radius 2 is 0.906 bits per heavy atom. The minimum Gasteiger partial charge on any atom is -0.295 e. The number of aromatic nitrogens is 1. The van der Waals surface area contributed by atoms with Crippen molar-refractivity contribution in [1.82, 2.24) is 4.98 Å². The molecule has 0 N–H and O–H groups in total. The van der Waals surface area contributed by atoms with Gasteiger partial charge >= 0.3 is 0 Å². The van der Waals surface area contributed by atoms with Gasteiger partial charge in [-0.3, -0.25) is 4.90 Å². The summed E-state index contributed by atoms with van der Waals surface area (Å²) >= 11 is 0. The van der Waals surface area contributed by atoms with Gasteiger partial charge in [0, 0.05) is 16.8 Å². The number of pyridine rings is 1. The summed E-state index contributed by atoms with van der Waals surface area (Å²) in [7, 11) is 0. The van der Waals surface area contributed by atoms with E-state index in [0.717, 1.165) is 28.1 Å². The Morgan fingerprint density at radius 1 is 0.340 bits per heavy atom. The first kappa shape index (κ1) is 30.8. The van der Waals surface area contributed by atoms with Crippen LogP contribution in [0.2, 0.25) is 0 Å². The normalized spacial score (nSPS) is 11.4. The molecular formula is C51H34N2. The second-order valence-corrected chi connectivity index (χ2v) is 13.5. The molecule has 248 valence electrons. The summed E-state index contributed by atoms with van der Waals surface area (Å²) in [5.41, 5.74) is 10.4. The Balaban J connectivity index is 1.35. The van der Waals surface area contributed by atoms with Crippen molar-refractivity contribution in [2.75, 3.05) is 4.90 Å². The number of rotatable bonds is 6. The lowest BCUT2D eigenvalue weighted by Crippen LogP contribution is -2.11. The van der Waals surface area contributed by atoms with Gasteiger partial charge in [-0.05, 0) is 114 Å². The molecule has 0 saturated heterocycles. The maximum Gasteiger partial charge on any atom is 0.138 e. The van der Waals surface area contributed by atoms with E-state index >= 15 is 0 Å². The average molecular weight is 675 g/mol. The summed E-state index contributed by atoms with van der Waals surface area (Å²) in [6.07, 6.45) is 0. The Labute approximate surface area is 308 Å². The molecule has 0 amide bonds. The monoisotopic (exact) mass is 674 g/mol. The van der Waals surface area contributed by atoms with Gasteiger partial charge in [0.15, 0.2) is 0 Å². The van der Waals surface area contributed by atoms with Gasteiger partial charge in [0.1, 0.15) is 5.82 Å². The zero-order valence-corrected chi connectivity index (χ0v) is 29.0. The summed E-state index contributed by atoms with van der Waals surface area (Å²) in [5.74, 6) is 0.877. The molecule has 10 aromatic rings. The van der Waals surface area contributed by atoms with Crippen molar-refractivity contribution in [3.8, 4) is 33.4 Å². The number of fused-ring (bicyclic) bond motifs is 7. The quantitative estimate of drug-likeness (QED) is 0.163. The largest absolute Gasteiger partial charge is 0.295 e. The van der Waals surface area contributed by atoms with E-state index in [-0.39, 0.29) is 0 Å². The lowest BCUT2D eigenvalue weighted by Gasteiger charge is -2.26. The number of nitrogens with zero attached hydrogens (tertiary/aromatic N) is 2. The van der Waals surface area contributed by atoms with Crippen LogP contribution in [0.25, 0.3) is 76.6 Å². The second kappa shape index (κ2) is 12.9. The molecule has 10 rings (SSSR count). The van der Waals surface area contributed by atoms with E-state index in [0.29, 0.717) is 0 Å². The number of benzene rings is 9. The fraction of sp³-hybridized carbons (Fsp3) is 0. The first-order chi connectivity index (χ1) is 26.3. The van der Waals surface area contributed by atoms with E-state index in [1.54, 1.807) is 0 Å². The topological polar surface area (TPSA) is 16.1 Å². The van der Waals surface area contributed by atoms with Gasteiger partial charge in [-0.25, -0.2) is 4.98 Å². The van der Waals surface area contributed by atoms with Crippen molar-refractivity contribution in [3.63, 3.8) is 0 Å². The Kier molecular flexibility index (Phi) is 7.51. The molecule has 1 aromatic heterocycles. The Hall–Kier alpha value is -7.03. The molecule has 0 saturated carbocycles. The molecule has 9 aromatic carbocycles. The highest BCUT2D eigenvalue weighted by Crippen LogP contribution is 2.50. The molecule has 0 aliphatic carbocycles. The van der Waals surface area contributed by atoms with E-state index in [2.05, 4.69) is 211 Å². The van der Waals surface area contributed by atoms with Crippen molar-refractivity contribution in [2.24, 2.45) is 0 Å². The molecule has 0 atom stereocenters. The van der Waals surface area contributed by atoms with Gasteiger partial charge in [-0.2, -0.15) is 0 Å². The maximum absolute atomic E-state index is 5.19. The van der Waals surface area contributed by atoms with Crippen LogP contribution in [0.4, 0.5) is 17.2 Å². The van der Waals surface area contributed by atoms with Crippen LogP contribution in [0, 0.1) is 0 Å². The number of hydrogen-bond acceptors (Lipinski definition) is 2. The van der Waals surface area contributed by atoms with E-state index in [4.69, 9.17) is 4.98 Å². The zero-order valence-electron chi connectivity index (χ0n) is 29.0. The summed E-state index contributed by atoms with van der Waals surface area (Å²) in [5, 5.41) is 8.52. The smallest absolute Gasteiger partial charge is 0.138 e. The van der Waals surface area contributed by atoms with Crippen molar-refractivity contribution < 1.29 is 0 Å². The third-order valence-electron chi connectivity index (χ3n) is 10.4. The van der Waals surface area contributed by atoms with Crippen molar-refractivity contribution >= 4 is 60.4 Å². The number of para-hydroxylation sites is 2. The Morgan fingerprint density at radius 3 is 1.62 bits per heavy atom. The van der Waals surface area contributed by atoms with Gasteiger partial charge in [-0.1, -0.05) is 158 Å². The van der Waals surface area contributed by atoms with Gasteiger partial charge in [0.05, 0.1) is 5.52 Å². The van der Waals surface area contributed by atoms with Crippen molar-refractivity contribution in [3.05, 3.63) is 206 Å². The zero-order chi connectivity index (χ0) is 35.1. The van der Waals surface area contributed by atoms with Gasteiger partial charge in [-0.15, -0.1) is 0 Å². The predicted octanol–water partition coefficient (Wildman–Crippen LogP) is 14.2. The third kappa shape index (κ3) is 5.32. The van der Waals surface area contributed by atoms with Crippen LogP contribution in [-0.2, 0) is 0 Å². The van der Waals surface area contributed by atoms with Crippen molar-refractivity contribution in [2.45, 2.75) is 0 Å². The fourth-order valence-corrected chi connectivity index (χ4v) is 8.05. The maximum atomic E-state index is 5.19. The van der Waals surface area contributed by atoms with Crippen LogP contribution in [0.15, 0.2) is 206 Å². The standard InChI is InChI=1S/C51H34N2/c1-5-17-35(18-6-1)44-34-45(36-19-7-2-8-20-36)50-42-27-15-14-26-41(42)46-33-40(30-31-43(46)51(50)49(44)38-22-9-3-10-23-38)53(39-24-11-4-12-25-39)48-32-29-37-21-13-16-28-47(37)52-48/h1-34H. The van der Waals surface area contributed by atoms with Crippen molar-refractivity contribution in [1.29, 1.82) is 0 Å². The first-order valence-electron chi connectivity index (χ1n) is 18.1. The minimum absolute atomic E-state index is 0.877. The van der Waals surface area contributed by atoms with E-state index in [1.807, 2.05) is 0 Å². The highest BCUT2D eigenvalue weighted by Gasteiger charge is 2.23. The van der Waals surface area contributed by atoms with E-state index in [1.165, 1.54) is 65.7 Å². The predicted molar refractivity (Wildman–Crippen MR) is 225 cm³/mol. The molecule has 2 nitrogen and oxygen atoms in total. The first-order valence-corrected chi connectivity index (χ1v) is 18.1. The molecule has 0 aliphatic rings. The summed E-state index contributed by atoms with van der Waals surface area (Å²) < 4.78 is 0. The van der Waals surface area contributed by atoms with Crippen LogP contribution in [-0.4, -0.2) is 4.98 Å². The third-order valence-corrected chi connectivity index (χ3v) is 10.4. The molecule has 0 bridgehead atoms. The minimum atomic E-state index is 0.877. The van der Waals surface area contributed by atoms with Crippen LogP contribution < -0.4 is 4.90 Å². The summed E-state index contributed by atoms with van der Waals surface area (Å²) in [6.45, 7) is 0. The molecular weight excluding hydrogens is 641 g/mol. The van der Waals surface area contributed by atoms with Crippen LogP contribution in [0.3, 0.4) is 0 Å². The molecule has 0 unspecified atom stereocenters. The molecule has 2 heteroatoms. The van der Waals surface area contributed by atoms with Gasteiger partial charge in [0.2, 0.25) is 0 Å². The molecule has 0 radical (unpaired) electrons. The van der Waals surface area contributed by atoms with E-state index < -0.39 is 0 Å². The lowest BCUT2D eigenvalue weighted by molar-refractivity contribution is 1.21. The van der Waals surface area contributed by atoms with E-state index in [9.17, 15) is 0 Å². The molecule has 1 heterocycles. The molecule has 0 aliphatic heterocycles. The average Bonchev–Trinajstić information content (AvgIpc) is 3.24. The SMILES string of the molecule is c1ccc(-c2cc(-c3ccccc3)c3c4ccccc4c4cc(N(c5ccccc5)c5ccc6ccccc6n5)ccc4c3c2-c2ccccc2)cc1. The van der Waals surface area contributed by atoms with Crippen LogP contribution >= 0.6 is 0 Å². The van der Waals surface area contributed by atoms with Gasteiger partial charge < -0.3 is 0 Å².